The lowest BCUT2D eigenvalue weighted by Crippen LogP contribution is -2.12. The van der Waals surface area contributed by atoms with Crippen LogP contribution in [0.15, 0.2) is 259 Å². The summed E-state index contributed by atoms with van der Waals surface area (Å²) in [7, 11) is 5.21. The summed E-state index contributed by atoms with van der Waals surface area (Å²) < 4.78 is 116. The molecule has 7 aromatic heterocycles. The Kier molecular flexibility index (Phi) is 32.8. The summed E-state index contributed by atoms with van der Waals surface area (Å²) >= 11 is 0. The van der Waals surface area contributed by atoms with Gasteiger partial charge in [0.25, 0.3) is 0 Å². The van der Waals surface area contributed by atoms with Gasteiger partial charge in [-0.2, -0.15) is 5.10 Å². The van der Waals surface area contributed by atoms with Crippen LogP contribution in [-0.2, 0) is 56.7 Å². The van der Waals surface area contributed by atoms with E-state index in [-0.39, 0.29) is 78.2 Å². The molecule has 7 heterocycles. The number of pyridine rings is 3. The summed E-state index contributed by atoms with van der Waals surface area (Å²) in [4.78, 5) is 84.1. The van der Waals surface area contributed by atoms with Gasteiger partial charge in [0.15, 0.2) is 69.7 Å². The third kappa shape index (κ3) is 23.8. The van der Waals surface area contributed by atoms with Crippen molar-refractivity contribution in [2.75, 3.05) is 21.2 Å². The Bertz CT molecular complexity index is 7140. The Labute approximate surface area is 796 Å². The maximum absolute atomic E-state index is 13.7. The number of halogens is 8. The molecule has 0 unspecified atom stereocenters. The van der Waals surface area contributed by atoms with E-state index in [9.17, 15) is 64.2 Å². The predicted octanol–water partition coefficient (Wildman–Crippen LogP) is 25.7. The van der Waals surface area contributed by atoms with Crippen LogP contribution in [-0.4, -0.2) is 106 Å². The summed E-state index contributed by atoms with van der Waals surface area (Å²) in [5.41, 5.74) is 18.3. The van der Waals surface area contributed by atoms with Crippen LogP contribution in [0.3, 0.4) is 0 Å². The van der Waals surface area contributed by atoms with Gasteiger partial charge in [0.1, 0.15) is 19.1 Å². The number of Topliss-reactive ketones (excluding diaryl/α,β-unsaturated/α-hetero) is 4. The highest BCUT2D eigenvalue weighted by Crippen LogP contribution is 2.44. The van der Waals surface area contributed by atoms with Gasteiger partial charge in [-0.15, -0.1) is 0 Å². The van der Waals surface area contributed by atoms with E-state index in [0.29, 0.717) is 102 Å². The van der Waals surface area contributed by atoms with E-state index in [2.05, 4.69) is 83.3 Å². The number of fused-ring (bicyclic) bond motifs is 4. The number of hydrazone groups is 1. The second-order valence-electron chi connectivity index (χ2n) is 35.6. The lowest BCUT2D eigenvalue weighted by atomic mass is 9.93. The number of oxime groups is 1. The maximum Gasteiger partial charge on any atom is 0.165 e. The van der Waals surface area contributed by atoms with E-state index in [1.54, 1.807) is 60.3 Å². The van der Waals surface area contributed by atoms with Crippen LogP contribution in [0.1, 0.15) is 247 Å². The van der Waals surface area contributed by atoms with Crippen LogP contribution >= 0.6 is 0 Å². The van der Waals surface area contributed by atoms with Crippen LogP contribution in [0.4, 0.5) is 35.1 Å². The third-order valence-electron chi connectivity index (χ3n) is 24.7. The fraction of sp³-hybridized carbons (Fsp3) is 0.257. The van der Waals surface area contributed by atoms with Crippen LogP contribution in [0.5, 0.6) is 5.75 Å². The van der Waals surface area contributed by atoms with Crippen LogP contribution in [0.25, 0.3) is 43.6 Å². The Hall–Kier alpha value is -14.9. The van der Waals surface area contributed by atoms with Crippen LogP contribution in [0, 0.1) is 46.5 Å². The zero-order chi connectivity index (χ0) is 98.0. The van der Waals surface area contributed by atoms with E-state index in [1.165, 1.54) is 31.4 Å². The fourth-order valence-electron chi connectivity index (χ4n) is 18.4. The predicted molar refractivity (Wildman–Crippen MR) is 526 cm³/mol. The molecule has 16 aromatic rings. The molecule has 17 nitrogen and oxygen atoms in total. The number of aromatic nitrogens is 7. The maximum atomic E-state index is 13.7. The lowest BCUT2D eigenvalue weighted by molar-refractivity contribution is 0.0974. The number of hydrogen-bond acceptors (Lipinski definition) is 13. The molecule has 17 rings (SSSR count). The molecule has 25 heteroatoms. The zero-order valence-corrected chi connectivity index (χ0v) is 78.4. The van der Waals surface area contributed by atoms with E-state index in [4.69, 9.17) is 4.84 Å². The molecular weight excluding hydrogens is 1760 g/mol. The Morgan fingerprint density at radius 1 is 0.391 bits per heavy atom. The highest BCUT2D eigenvalue weighted by Gasteiger charge is 2.33. The fourth-order valence-corrected chi connectivity index (χ4v) is 18.4. The number of phenols is 1. The van der Waals surface area contributed by atoms with Gasteiger partial charge in [-0.05, 0) is 222 Å². The summed E-state index contributed by atoms with van der Waals surface area (Å²) in [6, 6.07) is 64.8. The molecule has 1 aliphatic rings. The molecule has 1 fully saturated rings. The van der Waals surface area contributed by atoms with Gasteiger partial charge in [0, 0.05) is 154 Å². The third-order valence-corrected chi connectivity index (χ3v) is 24.7. The molecule has 1 saturated carbocycles. The van der Waals surface area contributed by atoms with Crippen molar-refractivity contribution >= 4 is 85.5 Å². The molecule has 138 heavy (non-hydrogen) atoms. The number of nitrogens with zero attached hydrogens (tertiary/aromatic N) is 10. The van der Waals surface area contributed by atoms with Crippen LogP contribution < -0.4 is 0 Å². The highest BCUT2D eigenvalue weighted by molar-refractivity contribution is 6.13. The van der Waals surface area contributed by atoms with Gasteiger partial charge in [-0.25, -0.2) is 35.1 Å². The van der Waals surface area contributed by atoms with Crippen molar-refractivity contribution in [2.45, 2.75) is 168 Å². The molecule has 0 aliphatic heterocycles. The number of carbonyl (C=O) groups is 5. The van der Waals surface area contributed by atoms with E-state index in [1.807, 2.05) is 149 Å². The Morgan fingerprint density at radius 3 is 1.10 bits per heavy atom. The molecule has 1 aliphatic carbocycles. The average molecular weight is 1870 g/mol. The molecule has 1 N–H and O–H groups in total. The molecular formula is C113H108F8N10O7. The van der Waals surface area contributed by atoms with Gasteiger partial charge in [-0.1, -0.05) is 169 Å². The molecule has 0 saturated heterocycles. The molecule has 9 aromatic carbocycles. The normalized spacial score (nSPS) is 12.2. The second-order valence-corrected chi connectivity index (χ2v) is 35.6. The quantitative estimate of drug-likeness (QED) is 0.0135. The number of aromatic hydroxyl groups is 1. The monoisotopic (exact) mass is 1870 g/mol. The number of benzene rings is 9. The number of aryl methyl sites for hydroxylation is 4. The van der Waals surface area contributed by atoms with Crippen molar-refractivity contribution < 1.29 is 69.0 Å². The van der Waals surface area contributed by atoms with Gasteiger partial charge < -0.3 is 33.2 Å². The minimum absolute atomic E-state index is 0.0251. The van der Waals surface area contributed by atoms with Gasteiger partial charge in [0.2, 0.25) is 0 Å². The zero-order valence-electron chi connectivity index (χ0n) is 78.4. The number of rotatable bonds is 33. The van der Waals surface area contributed by atoms with E-state index < -0.39 is 46.5 Å². The van der Waals surface area contributed by atoms with Gasteiger partial charge >= 0.3 is 0 Å². The second kappa shape index (κ2) is 45.6. The Balaban J connectivity index is 0.000000147. The Morgan fingerprint density at radius 2 is 0.754 bits per heavy atom. The standard InChI is InChI=1S/C29H30F2N4O.C29H27F2NO2.C28H27F2N3O2.C27H24F2N2O2/c1-19(2)29-28(27(36)13-10-20-9-12-24(30)25(31)15-20)23-11-8-21(17-33-34(3)4)16-26(23)35(29)18-22-7-5-6-14-32-22;30-24-13-10-19(16-25(24)31)11-15-27(34)28-23-17-22(33)12-14-26(23)32(18-20-6-2-1-3-7-20)29(28)21-8-4-5-9-21;1-18(2)28-27(26(34)12-9-19-8-11-23(29)24(30)14-19)22-10-7-20(16-32-35-3)15-25(22)33(28)17-21-6-4-5-13-31-21;1-17(2)27-26(25(33)11-8-18-7-10-22(28)23(29)13-18)21-9-6-19(16-32)14-24(21)31(27)15-20-5-3-4-12-30-20/h5-9,11-12,14-17,19H,10,13,18H2,1-4H3;1-3,6-7,10,12-14,16-17,21,33H,4-5,8-9,11,15,18H2;4-8,10-11,13-16,18H,9,12,17H2,1-3H3;3-7,9-10,12-14,16-17H,8,11,15H2,1-2H3/b33-17+;;32-16+;. The summed E-state index contributed by atoms with van der Waals surface area (Å²) in [6.45, 7) is 14.4. The first-order valence-corrected chi connectivity index (χ1v) is 46.2. The summed E-state index contributed by atoms with van der Waals surface area (Å²) in [5.74, 6) is -6.83. The van der Waals surface area contributed by atoms with Crippen molar-refractivity contribution in [1.82, 2.24) is 38.2 Å². The molecule has 0 atom stereocenters. The number of carbonyl (C=O) groups excluding carboxylic acids is 5. The molecule has 0 amide bonds. The van der Waals surface area contributed by atoms with E-state index in [0.717, 1.165) is 181 Å². The first kappa shape index (κ1) is 99.1. The first-order valence-electron chi connectivity index (χ1n) is 46.2. The van der Waals surface area contributed by atoms with Crippen molar-refractivity contribution in [3.8, 4) is 5.75 Å². The minimum Gasteiger partial charge on any atom is -0.508 e. The van der Waals surface area contributed by atoms with Crippen molar-refractivity contribution in [2.24, 2.45) is 10.3 Å². The van der Waals surface area contributed by atoms with Gasteiger partial charge in [-0.3, -0.25) is 38.9 Å². The topological polar surface area (TPSA) is 201 Å². The van der Waals surface area contributed by atoms with Crippen molar-refractivity contribution in [1.29, 1.82) is 0 Å². The van der Waals surface area contributed by atoms with Crippen molar-refractivity contribution in [3.63, 3.8) is 0 Å². The number of ketones is 4. The first-order chi connectivity index (χ1) is 66.5. The summed E-state index contributed by atoms with van der Waals surface area (Å²) in [5, 5.41) is 23.4. The SMILES string of the molecule is CC(C)c1c(C(=O)CCc2ccc(F)c(F)c2)c2ccc(/C=N/N(C)C)cc2n1Cc1ccccn1.CC(C)c1c(C(=O)CCc2ccc(F)c(F)c2)c2ccc(C=O)cc2n1Cc1ccccn1.CO/N=C/c1ccc2c(C(=O)CCc3ccc(F)c(F)c3)c(C(C)C)n(Cc3ccccn3)c2c1.O=C(CCc1ccc(F)c(F)c1)c1c(C2CCCC2)n(Cc2ccccc2)c2ccc(O)cc12. The summed E-state index contributed by atoms with van der Waals surface area (Å²) in [6.07, 6.45) is 15.7. The van der Waals surface area contributed by atoms with Crippen LogP contribution in [0.2, 0.25) is 0 Å². The smallest absolute Gasteiger partial charge is 0.165 e. The molecule has 0 radical (unpaired) electrons. The highest BCUT2D eigenvalue weighted by atomic mass is 19.2. The average Bonchev–Trinajstić information content (AvgIpc) is 1.62. The van der Waals surface area contributed by atoms with Gasteiger partial charge in [0.05, 0.1) is 54.7 Å². The minimum atomic E-state index is -0.920. The largest absolute Gasteiger partial charge is 0.508 e. The molecule has 0 spiro atoms. The molecule has 0 bridgehead atoms. The lowest BCUT2D eigenvalue weighted by Gasteiger charge is -2.18. The van der Waals surface area contributed by atoms with Crippen molar-refractivity contribution in [3.05, 3.63) is 402 Å². The number of hydrogen-bond donors (Lipinski definition) is 1. The molecule has 708 valence electrons. The van der Waals surface area contributed by atoms with E-state index >= 15 is 0 Å². The number of aldehydes is 1. The number of phenolic OH excluding ortho intramolecular Hbond substituents is 1.